The fourth-order valence-corrected chi connectivity index (χ4v) is 1.02. The number of hydrogen-bond donors (Lipinski definition) is 2. The van der Waals surface area contributed by atoms with Crippen LogP contribution in [0.2, 0.25) is 0 Å². The Hall–Kier alpha value is -0.680. The number of nitrogens with one attached hydrogen (secondary N) is 1. The molecule has 0 aliphatic rings. The molecule has 0 aliphatic heterocycles. The van der Waals surface area contributed by atoms with Crippen molar-refractivity contribution >= 4 is 23.1 Å². The van der Waals surface area contributed by atoms with Crippen LogP contribution in [0, 0.1) is 0 Å². The highest BCUT2D eigenvalue weighted by atomic mass is 32.1. The van der Waals surface area contributed by atoms with Crippen molar-refractivity contribution in [1.82, 2.24) is 5.32 Å². The van der Waals surface area contributed by atoms with Gasteiger partial charge in [0.15, 0.2) is 0 Å². The first kappa shape index (κ1) is 13.3. The minimum absolute atomic E-state index is 0.209. The van der Waals surface area contributed by atoms with Gasteiger partial charge in [-0.3, -0.25) is 4.79 Å². The van der Waals surface area contributed by atoms with E-state index in [1.165, 1.54) is 7.11 Å². The quantitative estimate of drug-likeness (QED) is 0.663. The first-order valence-electron chi connectivity index (χ1n) is 4.50. The van der Waals surface area contributed by atoms with Gasteiger partial charge in [-0.05, 0) is 20.3 Å². The molecule has 0 heterocycles. The summed E-state index contributed by atoms with van der Waals surface area (Å²) < 4.78 is 5.03. The van der Waals surface area contributed by atoms with Crippen molar-refractivity contribution in [1.29, 1.82) is 0 Å². The van der Waals surface area contributed by atoms with Gasteiger partial charge in [0.2, 0.25) is 0 Å². The fourth-order valence-electron chi connectivity index (χ4n) is 0.799. The van der Waals surface area contributed by atoms with Crippen molar-refractivity contribution in [2.75, 3.05) is 7.11 Å². The molecular formula is C9H18N2O2S. The Morgan fingerprint density at radius 3 is 2.43 bits per heavy atom. The first-order chi connectivity index (χ1) is 6.35. The van der Waals surface area contributed by atoms with E-state index in [4.69, 9.17) is 22.7 Å². The lowest BCUT2D eigenvalue weighted by Crippen LogP contribution is -2.51. The molecule has 0 radical (unpaired) electrons. The Morgan fingerprint density at radius 2 is 2.14 bits per heavy atom. The number of amides is 1. The number of thiocarbonyl (C=S) groups is 1. The molecule has 14 heavy (non-hydrogen) atoms. The molecule has 0 aromatic heterocycles. The Labute approximate surface area is 90.2 Å². The van der Waals surface area contributed by atoms with E-state index in [0.29, 0.717) is 11.4 Å². The average Bonchev–Trinajstić information content (AvgIpc) is 2.12. The summed E-state index contributed by atoms with van der Waals surface area (Å²) in [7, 11) is 1.49. The van der Waals surface area contributed by atoms with E-state index < -0.39 is 5.60 Å². The van der Waals surface area contributed by atoms with Crippen molar-refractivity contribution in [3.63, 3.8) is 0 Å². The maximum atomic E-state index is 11.6. The fraction of sp³-hybridized carbons (Fsp3) is 0.778. The number of rotatable bonds is 5. The Balaban J connectivity index is 4.37. The third-order valence-corrected chi connectivity index (χ3v) is 2.40. The summed E-state index contributed by atoms with van der Waals surface area (Å²) in [5, 5.41) is 2.73. The lowest BCUT2D eigenvalue weighted by molar-refractivity contribution is -0.139. The third kappa shape index (κ3) is 3.59. The van der Waals surface area contributed by atoms with Gasteiger partial charge >= 0.3 is 0 Å². The second kappa shape index (κ2) is 5.26. The zero-order valence-corrected chi connectivity index (χ0v) is 9.90. The third-order valence-electron chi connectivity index (χ3n) is 2.11. The molecule has 1 amide bonds. The van der Waals surface area contributed by atoms with Crippen molar-refractivity contribution < 1.29 is 9.53 Å². The van der Waals surface area contributed by atoms with Crippen LogP contribution in [0.15, 0.2) is 0 Å². The van der Waals surface area contributed by atoms with Gasteiger partial charge in [0.25, 0.3) is 5.91 Å². The van der Waals surface area contributed by atoms with Crippen molar-refractivity contribution in [3.05, 3.63) is 0 Å². The SMILES string of the molecule is CCC(NC(=O)C(C)(C)OC)C(N)=S. The zero-order chi connectivity index (χ0) is 11.4. The molecule has 0 aliphatic carbocycles. The number of ether oxygens (including phenoxy) is 1. The van der Waals surface area contributed by atoms with Crippen LogP contribution in [0.5, 0.6) is 0 Å². The van der Waals surface area contributed by atoms with Crippen LogP contribution in [0.1, 0.15) is 27.2 Å². The number of methoxy groups -OCH3 is 1. The minimum atomic E-state index is -0.849. The maximum absolute atomic E-state index is 11.6. The van der Waals surface area contributed by atoms with Gasteiger partial charge in [-0.2, -0.15) is 0 Å². The lowest BCUT2D eigenvalue weighted by Gasteiger charge is -2.25. The summed E-state index contributed by atoms with van der Waals surface area (Å²) in [6, 6.07) is -0.257. The summed E-state index contributed by atoms with van der Waals surface area (Å²) in [5.41, 5.74) is 4.61. The molecular weight excluding hydrogens is 200 g/mol. The van der Waals surface area contributed by atoms with Crippen LogP contribution in [-0.2, 0) is 9.53 Å². The van der Waals surface area contributed by atoms with E-state index in [1.807, 2.05) is 6.92 Å². The summed E-state index contributed by atoms with van der Waals surface area (Å²) in [6.07, 6.45) is 0.681. The molecule has 0 rings (SSSR count). The van der Waals surface area contributed by atoms with E-state index in [9.17, 15) is 4.79 Å². The highest BCUT2D eigenvalue weighted by Crippen LogP contribution is 2.08. The molecule has 0 aromatic carbocycles. The topological polar surface area (TPSA) is 64.3 Å². The average molecular weight is 218 g/mol. The van der Waals surface area contributed by atoms with Gasteiger partial charge in [0, 0.05) is 7.11 Å². The van der Waals surface area contributed by atoms with Gasteiger partial charge in [-0.15, -0.1) is 0 Å². The Bertz CT molecular complexity index is 229. The van der Waals surface area contributed by atoms with Gasteiger partial charge in [-0.25, -0.2) is 0 Å². The predicted molar refractivity (Wildman–Crippen MR) is 60.1 cm³/mol. The molecule has 82 valence electrons. The zero-order valence-electron chi connectivity index (χ0n) is 9.09. The molecule has 1 unspecified atom stereocenters. The van der Waals surface area contributed by atoms with E-state index >= 15 is 0 Å². The number of carbonyl (C=O) groups is 1. The second-order valence-electron chi connectivity index (χ2n) is 3.55. The molecule has 0 saturated carbocycles. The van der Waals surface area contributed by atoms with E-state index in [0.717, 1.165) is 0 Å². The minimum Gasteiger partial charge on any atom is -0.392 e. The summed E-state index contributed by atoms with van der Waals surface area (Å²) in [6.45, 7) is 5.28. The molecule has 4 nitrogen and oxygen atoms in total. The summed E-state index contributed by atoms with van der Waals surface area (Å²) in [4.78, 5) is 11.9. The number of carbonyl (C=O) groups excluding carboxylic acids is 1. The Morgan fingerprint density at radius 1 is 1.64 bits per heavy atom. The van der Waals surface area contributed by atoms with Crippen LogP contribution in [0.3, 0.4) is 0 Å². The van der Waals surface area contributed by atoms with Crippen LogP contribution >= 0.6 is 12.2 Å². The summed E-state index contributed by atoms with van der Waals surface area (Å²) >= 11 is 4.82. The molecule has 5 heteroatoms. The molecule has 0 spiro atoms. The summed E-state index contributed by atoms with van der Waals surface area (Å²) in [5.74, 6) is -0.209. The first-order valence-corrected chi connectivity index (χ1v) is 4.91. The Kier molecular flexibility index (Phi) is 5.01. The molecule has 3 N–H and O–H groups in total. The van der Waals surface area contributed by atoms with Crippen molar-refractivity contribution in [3.8, 4) is 0 Å². The lowest BCUT2D eigenvalue weighted by atomic mass is 10.1. The van der Waals surface area contributed by atoms with E-state index in [1.54, 1.807) is 13.8 Å². The normalized spacial score (nSPS) is 13.4. The van der Waals surface area contributed by atoms with Gasteiger partial charge in [0.1, 0.15) is 5.60 Å². The molecule has 1 atom stereocenters. The maximum Gasteiger partial charge on any atom is 0.252 e. The predicted octanol–water partition coefficient (Wildman–Crippen LogP) is 0.592. The van der Waals surface area contributed by atoms with Gasteiger partial charge in [0.05, 0.1) is 11.0 Å². The van der Waals surface area contributed by atoms with Crippen molar-refractivity contribution in [2.24, 2.45) is 5.73 Å². The van der Waals surface area contributed by atoms with Gasteiger partial charge in [-0.1, -0.05) is 19.1 Å². The molecule has 0 aromatic rings. The molecule has 0 bridgehead atoms. The highest BCUT2D eigenvalue weighted by Gasteiger charge is 2.28. The largest absolute Gasteiger partial charge is 0.392 e. The molecule has 0 saturated heterocycles. The number of nitrogens with two attached hydrogens (primary N) is 1. The molecule has 0 fully saturated rings. The van der Waals surface area contributed by atoms with Crippen LogP contribution < -0.4 is 11.1 Å². The highest BCUT2D eigenvalue weighted by molar-refractivity contribution is 7.80. The van der Waals surface area contributed by atoms with Crippen molar-refractivity contribution in [2.45, 2.75) is 38.8 Å². The second-order valence-corrected chi connectivity index (χ2v) is 4.02. The standard InChI is InChI=1S/C9H18N2O2S/c1-5-6(7(10)14)11-8(12)9(2,3)13-4/h6H,5H2,1-4H3,(H2,10,14)(H,11,12). The van der Waals surface area contributed by atoms with E-state index in [2.05, 4.69) is 5.32 Å². The van der Waals surface area contributed by atoms with Crippen LogP contribution in [-0.4, -0.2) is 29.6 Å². The monoisotopic (exact) mass is 218 g/mol. The number of hydrogen-bond acceptors (Lipinski definition) is 3. The van der Waals surface area contributed by atoms with Crippen LogP contribution in [0.4, 0.5) is 0 Å². The van der Waals surface area contributed by atoms with Crippen LogP contribution in [0.25, 0.3) is 0 Å². The van der Waals surface area contributed by atoms with Gasteiger partial charge < -0.3 is 15.8 Å². The smallest absolute Gasteiger partial charge is 0.252 e. The van der Waals surface area contributed by atoms with E-state index in [-0.39, 0.29) is 11.9 Å².